The van der Waals surface area contributed by atoms with E-state index in [1.54, 1.807) is 21.3 Å². The molecule has 1 aromatic carbocycles. The van der Waals surface area contributed by atoms with Gasteiger partial charge >= 0.3 is 0 Å². The Bertz CT molecular complexity index is 889. The lowest BCUT2D eigenvalue weighted by Gasteiger charge is -2.23. The summed E-state index contributed by atoms with van der Waals surface area (Å²) in [5, 5.41) is 3.59. The molecule has 2 heterocycles. The summed E-state index contributed by atoms with van der Waals surface area (Å²) in [5.41, 5.74) is 1.41. The molecule has 1 aromatic heterocycles. The summed E-state index contributed by atoms with van der Waals surface area (Å²) >= 11 is 1.54. The number of H-pyrrole nitrogens is 1. The average molecular weight is 377 g/mol. The lowest BCUT2D eigenvalue weighted by atomic mass is 10.0. The van der Waals surface area contributed by atoms with E-state index in [0.717, 1.165) is 10.6 Å². The number of thioether (sulfide) groups is 1. The Morgan fingerprint density at radius 3 is 2.27 bits per heavy atom. The molecule has 26 heavy (non-hydrogen) atoms. The molecule has 0 spiro atoms. The van der Waals surface area contributed by atoms with Crippen molar-refractivity contribution in [1.82, 2.24) is 9.78 Å². The Kier molecular flexibility index (Phi) is 5.04. The average Bonchev–Trinajstić information content (AvgIpc) is 2.96. The highest BCUT2D eigenvalue weighted by molar-refractivity contribution is 8.14. The number of rotatable bonds is 5. The summed E-state index contributed by atoms with van der Waals surface area (Å²) in [4.78, 5) is 17.3. The minimum Gasteiger partial charge on any atom is -0.493 e. The highest BCUT2D eigenvalue weighted by Gasteiger charge is 2.32. The first-order valence-corrected chi connectivity index (χ1v) is 9.15. The Balaban J connectivity index is 2.21. The highest BCUT2D eigenvalue weighted by Crippen LogP contribution is 2.48. The van der Waals surface area contributed by atoms with Gasteiger partial charge < -0.3 is 14.2 Å². The molecular weight excluding hydrogens is 354 g/mol. The molecule has 0 saturated carbocycles. The second kappa shape index (κ2) is 7.11. The number of nitrogens with zero attached hydrogens (tertiary/aromatic N) is 2. The van der Waals surface area contributed by atoms with Gasteiger partial charge in [-0.25, -0.2) is 4.99 Å². The van der Waals surface area contributed by atoms with E-state index >= 15 is 0 Å². The van der Waals surface area contributed by atoms with Crippen LogP contribution in [0.15, 0.2) is 21.9 Å². The van der Waals surface area contributed by atoms with Gasteiger partial charge in [-0.05, 0) is 38.5 Å². The third-order valence-corrected chi connectivity index (χ3v) is 5.43. The number of fused-ring (bicyclic) bond motifs is 1. The number of aliphatic imine (C=N–C) groups is 1. The standard InChI is InChI=1S/C18H23N3O4S/c1-9(2)21-17-14(18(22)20-21)16(26-10(3)19-17)11-7-12(23-4)15(25-6)13(8-11)24-5/h7-9,16H,1-6H3,(H,20,22). The van der Waals surface area contributed by atoms with Gasteiger partial charge in [0.25, 0.3) is 5.56 Å². The lowest BCUT2D eigenvalue weighted by molar-refractivity contribution is 0.324. The number of methoxy groups -OCH3 is 3. The van der Waals surface area contributed by atoms with Crippen molar-refractivity contribution >= 4 is 22.6 Å². The fraction of sp³-hybridized carbons (Fsp3) is 0.444. The van der Waals surface area contributed by atoms with Crippen molar-refractivity contribution in [1.29, 1.82) is 0 Å². The zero-order valence-electron chi connectivity index (χ0n) is 15.7. The maximum absolute atomic E-state index is 12.7. The van der Waals surface area contributed by atoms with Gasteiger partial charge in [-0.3, -0.25) is 14.6 Å². The number of hydrogen-bond acceptors (Lipinski definition) is 6. The van der Waals surface area contributed by atoms with E-state index in [0.29, 0.717) is 28.6 Å². The Hall–Kier alpha value is -2.35. The molecule has 140 valence electrons. The number of aromatic amines is 1. The Labute approximate surface area is 156 Å². The predicted molar refractivity (Wildman–Crippen MR) is 104 cm³/mol. The van der Waals surface area contributed by atoms with Crippen LogP contribution in [-0.2, 0) is 0 Å². The fourth-order valence-corrected chi connectivity index (χ4v) is 4.15. The minimum absolute atomic E-state index is 0.103. The number of ether oxygens (including phenoxy) is 3. The van der Waals surface area contributed by atoms with Crippen LogP contribution in [0.4, 0.5) is 5.82 Å². The molecule has 1 unspecified atom stereocenters. The first-order valence-electron chi connectivity index (χ1n) is 8.27. The summed E-state index contributed by atoms with van der Waals surface area (Å²) in [6, 6.07) is 3.87. The largest absolute Gasteiger partial charge is 0.493 e. The zero-order valence-corrected chi connectivity index (χ0v) is 16.6. The summed E-state index contributed by atoms with van der Waals surface area (Å²) in [5.74, 6) is 2.33. The molecule has 1 N–H and O–H groups in total. The van der Waals surface area contributed by atoms with E-state index in [1.807, 2.05) is 37.6 Å². The maximum atomic E-state index is 12.7. The topological polar surface area (TPSA) is 77.8 Å². The van der Waals surface area contributed by atoms with Gasteiger partial charge in [-0.1, -0.05) is 11.8 Å². The van der Waals surface area contributed by atoms with E-state index in [2.05, 4.69) is 10.1 Å². The van der Waals surface area contributed by atoms with Gasteiger partial charge in [-0.2, -0.15) is 0 Å². The van der Waals surface area contributed by atoms with Gasteiger partial charge in [0.2, 0.25) is 5.75 Å². The summed E-state index contributed by atoms with van der Waals surface area (Å²) < 4.78 is 18.1. The summed E-state index contributed by atoms with van der Waals surface area (Å²) in [7, 11) is 4.72. The molecule has 0 aliphatic carbocycles. The van der Waals surface area contributed by atoms with Crippen LogP contribution >= 0.6 is 11.8 Å². The minimum atomic E-state index is -0.208. The van der Waals surface area contributed by atoms with Crippen molar-refractivity contribution in [3.8, 4) is 17.2 Å². The number of hydrogen-bond donors (Lipinski definition) is 1. The molecule has 0 radical (unpaired) electrons. The van der Waals surface area contributed by atoms with Crippen LogP contribution in [0.3, 0.4) is 0 Å². The Morgan fingerprint density at radius 2 is 1.77 bits per heavy atom. The molecule has 3 rings (SSSR count). The van der Waals surface area contributed by atoms with Crippen LogP contribution in [-0.4, -0.2) is 36.2 Å². The molecular formula is C18H23N3O4S. The van der Waals surface area contributed by atoms with Crippen LogP contribution in [0.2, 0.25) is 0 Å². The molecule has 1 atom stereocenters. The number of aromatic nitrogens is 2. The van der Waals surface area contributed by atoms with E-state index in [4.69, 9.17) is 14.2 Å². The number of benzene rings is 1. The van der Waals surface area contributed by atoms with E-state index in [9.17, 15) is 4.79 Å². The van der Waals surface area contributed by atoms with Crippen molar-refractivity contribution < 1.29 is 14.2 Å². The molecule has 0 bridgehead atoms. The smallest absolute Gasteiger partial charge is 0.271 e. The quantitative estimate of drug-likeness (QED) is 0.860. The zero-order chi connectivity index (χ0) is 19.0. The van der Waals surface area contributed by atoms with Crippen LogP contribution in [0.5, 0.6) is 17.2 Å². The van der Waals surface area contributed by atoms with Crippen molar-refractivity contribution in [3.05, 3.63) is 33.6 Å². The second-order valence-corrected chi connectivity index (χ2v) is 7.53. The van der Waals surface area contributed by atoms with E-state index in [-0.39, 0.29) is 16.9 Å². The summed E-state index contributed by atoms with van der Waals surface area (Å²) in [6.45, 7) is 5.97. The van der Waals surface area contributed by atoms with Gasteiger partial charge in [0.15, 0.2) is 17.3 Å². The van der Waals surface area contributed by atoms with Gasteiger partial charge in [0, 0.05) is 6.04 Å². The molecule has 7 nitrogen and oxygen atoms in total. The Morgan fingerprint density at radius 1 is 1.15 bits per heavy atom. The fourth-order valence-electron chi connectivity index (χ4n) is 3.07. The number of nitrogens with one attached hydrogen (secondary N) is 1. The van der Waals surface area contributed by atoms with Crippen molar-refractivity contribution in [2.75, 3.05) is 21.3 Å². The van der Waals surface area contributed by atoms with E-state index < -0.39 is 0 Å². The van der Waals surface area contributed by atoms with Crippen LogP contribution < -0.4 is 19.8 Å². The maximum Gasteiger partial charge on any atom is 0.271 e. The van der Waals surface area contributed by atoms with Crippen molar-refractivity contribution in [3.63, 3.8) is 0 Å². The molecule has 0 amide bonds. The van der Waals surface area contributed by atoms with Gasteiger partial charge in [-0.15, -0.1) is 0 Å². The molecule has 8 heteroatoms. The van der Waals surface area contributed by atoms with Crippen molar-refractivity contribution in [2.45, 2.75) is 32.1 Å². The van der Waals surface area contributed by atoms with Crippen molar-refractivity contribution in [2.24, 2.45) is 4.99 Å². The second-order valence-electron chi connectivity index (χ2n) is 6.23. The molecule has 1 aliphatic rings. The van der Waals surface area contributed by atoms with E-state index in [1.165, 1.54) is 11.8 Å². The third kappa shape index (κ3) is 2.98. The molecule has 0 saturated heterocycles. The monoisotopic (exact) mass is 377 g/mol. The molecule has 0 fully saturated rings. The normalized spacial score (nSPS) is 16.3. The van der Waals surface area contributed by atoms with Crippen LogP contribution in [0, 0.1) is 0 Å². The summed E-state index contributed by atoms with van der Waals surface area (Å²) in [6.07, 6.45) is 0. The lowest BCUT2D eigenvalue weighted by Crippen LogP contribution is -2.14. The highest BCUT2D eigenvalue weighted by atomic mass is 32.2. The predicted octanol–water partition coefficient (Wildman–Crippen LogP) is 3.67. The molecule has 2 aromatic rings. The SMILES string of the molecule is COc1cc(C2SC(C)=Nc3c2c(=O)[nH]n3C(C)C)cc(OC)c1OC. The molecule has 1 aliphatic heterocycles. The van der Waals surface area contributed by atoms with Crippen LogP contribution in [0.1, 0.15) is 43.2 Å². The van der Waals surface area contributed by atoms with Crippen LogP contribution in [0.25, 0.3) is 0 Å². The third-order valence-electron chi connectivity index (χ3n) is 4.26. The first-order chi connectivity index (χ1) is 12.4. The van der Waals surface area contributed by atoms with Gasteiger partial charge in [0.1, 0.15) is 0 Å². The first kappa shape index (κ1) is 18.4. The van der Waals surface area contributed by atoms with Gasteiger partial charge in [0.05, 0.1) is 37.2 Å².